The number of halogens is 2. The number of hydrogen-bond donors (Lipinski definition) is 1. The van der Waals surface area contributed by atoms with Gasteiger partial charge in [-0.05, 0) is 74.2 Å². The van der Waals surface area contributed by atoms with Crippen molar-refractivity contribution >= 4 is 62.5 Å². The average Bonchev–Trinajstić information content (AvgIpc) is 3.74. The fourth-order valence-corrected chi connectivity index (χ4v) is 10.4. The summed E-state index contributed by atoms with van der Waals surface area (Å²) in [5, 5.41) is 17.5. The summed E-state index contributed by atoms with van der Waals surface area (Å²) in [5.74, 6) is -6.25. The van der Waals surface area contributed by atoms with Crippen LogP contribution in [-0.4, -0.2) is 50.0 Å². The lowest BCUT2D eigenvalue weighted by Crippen LogP contribution is -2.49. The number of thiophene rings is 1. The molecule has 2 aliphatic heterocycles. The fraction of sp³-hybridized carbons (Fsp3) is 0.378. The zero-order valence-electron chi connectivity index (χ0n) is 27.4. The standard InChI is InChI=1S/C37H34ClFN4O5S/c1-5-13-42-33(45)20-11-10-19-23(29(20)35(42)47)15-24-34(46)43(36(48)37(24,3)30(19)21-7-6-8-25(39)31(21)44)28-16-26(40-41(28)4)32-17(2)22-14-18(38)9-12-27(22)49-32/h6-10,12,14,16,20,23-24,29-30,44H,5,11,13,15H2,1-4H3/t20-,23+,24-,29-,30+,37+/m0/s1. The molecule has 2 aliphatic carbocycles. The van der Waals surface area contributed by atoms with E-state index in [2.05, 4.69) is 0 Å². The van der Waals surface area contributed by atoms with Gasteiger partial charge >= 0.3 is 0 Å². The molecule has 0 spiro atoms. The van der Waals surface area contributed by atoms with Crippen molar-refractivity contribution in [3.63, 3.8) is 0 Å². The highest BCUT2D eigenvalue weighted by Gasteiger charge is 2.68. The number of fused-ring (bicyclic) bond motifs is 5. The van der Waals surface area contributed by atoms with E-state index < -0.39 is 58.4 Å². The molecule has 2 aromatic carbocycles. The summed E-state index contributed by atoms with van der Waals surface area (Å²) in [6, 6.07) is 11.6. The van der Waals surface area contributed by atoms with E-state index in [-0.39, 0.29) is 36.0 Å². The molecule has 4 heterocycles. The predicted molar refractivity (Wildman–Crippen MR) is 183 cm³/mol. The van der Waals surface area contributed by atoms with Crippen LogP contribution in [0.2, 0.25) is 5.02 Å². The van der Waals surface area contributed by atoms with Gasteiger partial charge in [0, 0.05) is 40.9 Å². The lowest BCUT2D eigenvalue weighted by molar-refractivity contribution is -0.140. The molecule has 49 heavy (non-hydrogen) atoms. The number of phenols is 1. The number of benzene rings is 2. The molecule has 1 N–H and O–H groups in total. The van der Waals surface area contributed by atoms with Crippen LogP contribution < -0.4 is 4.90 Å². The second-order valence-electron chi connectivity index (χ2n) is 13.9. The van der Waals surface area contributed by atoms with Crippen molar-refractivity contribution in [2.75, 3.05) is 11.4 Å². The van der Waals surface area contributed by atoms with Gasteiger partial charge in [-0.15, -0.1) is 11.3 Å². The van der Waals surface area contributed by atoms with Crippen LogP contribution in [0.3, 0.4) is 0 Å². The van der Waals surface area contributed by atoms with E-state index in [0.29, 0.717) is 29.3 Å². The highest BCUT2D eigenvalue weighted by molar-refractivity contribution is 7.22. The van der Waals surface area contributed by atoms with Gasteiger partial charge in [0.1, 0.15) is 11.5 Å². The molecular formula is C37H34ClFN4O5S. The number of imide groups is 2. The van der Waals surface area contributed by atoms with Gasteiger partial charge < -0.3 is 5.11 Å². The van der Waals surface area contributed by atoms with Crippen LogP contribution in [-0.2, 0) is 26.2 Å². The van der Waals surface area contributed by atoms with E-state index in [0.717, 1.165) is 26.6 Å². The first-order valence-electron chi connectivity index (χ1n) is 16.5. The van der Waals surface area contributed by atoms with Crippen molar-refractivity contribution in [2.45, 2.75) is 46.0 Å². The van der Waals surface area contributed by atoms with E-state index in [9.17, 15) is 28.7 Å². The molecule has 8 rings (SSSR count). The van der Waals surface area contributed by atoms with Crippen LogP contribution in [0.4, 0.5) is 10.2 Å². The Morgan fingerprint density at radius 2 is 1.86 bits per heavy atom. The number of phenolic OH excluding ortho intramolecular Hbond substituents is 1. The minimum absolute atomic E-state index is 0.164. The van der Waals surface area contributed by atoms with Crippen molar-refractivity contribution in [3.8, 4) is 16.3 Å². The number of allylic oxidation sites excluding steroid dienone is 2. The lowest BCUT2D eigenvalue weighted by Gasteiger charge is -2.49. The third-order valence-electron chi connectivity index (χ3n) is 11.4. The number of rotatable bonds is 5. The molecule has 252 valence electrons. The van der Waals surface area contributed by atoms with Crippen LogP contribution in [0, 0.1) is 41.8 Å². The smallest absolute Gasteiger partial charge is 0.242 e. The second-order valence-corrected chi connectivity index (χ2v) is 15.4. The Bertz CT molecular complexity index is 2170. The third kappa shape index (κ3) is 4.30. The number of aromatic hydroxyl groups is 1. The first kappa shape index (κ1) is 31.9. The Morgan fingerprint density at radius 1 is 1.08 bits per heavy atom. The summed E-state index contributed by atoms with van der Waals surface area (Å²) in [4.78, 5) is 60.1. The predicted octanol–water partition coefficient (Wildman–Crippen LogP) is 6.75. The van der Waals surface area contributed by atoms with Crippen LogP contribution in [0.5, 0.6) is 5.75 Å². The Kier molecular flexibility index (Phi) is 7.21. The molecule has 4 aliphatic rings. The Balaban J connectivity index is 1.26. The largest absolute Gasteiger partial charge is 0.505 e. The fourth-order valence-electron chi connectivity index (χ4n) is 9.07. The van der Waals surface area contributed by atoms with E-state index >= 15 is 0 Å². The zero-order chi connectivity index (χ0) is 34.7. The van der Waals surface area contributed by atoms with Crippen LogP contribution >= 0.6 is 22.9 Å². The molecule has 12 heteroatoms. The van der Waals surface area contributed by atoms with E-state index in [1.165, 1.54) is 20.5 Å². The number of nitrogens with zero attached hydrogens (tertiary/aromatic N) is 4. The quantitative estimate of drug-likeness (QED) is 0.182. The molecule has 4 aromatic rings. The normalized spacial score (nSPS) is 28.0. The molecule has 2 saturated heterocycles. The van der Waals surface area contributed by atoms with Crippen molar-refractivity contribution in [1.82, 2.24) is 14.7 Å². The van der Waals surface area contributed by atoms with Gasteiger partial charge in [0.05, 0.1) is 28.0 Å². The van der Waals surface area contributed by atoms with E-state index in [4.69, 9.17) is 16.7 Å². The highest BCUT2D eigenvalue weighted by Crippen LogP contribution is 2.64. The maximum atomic E-state index is 15.0. The summed E-state index contributed by atoms with van der Waals surface area (Å²) in [5.41, 5.74) is 1.01. The van der Waals surface area contributed by atoms with Crippen molar-refractivity contribution in [1.29, 1.82) is 0 Å². The number of likely N-dealkylation sites (tertiary alicyclic amines) is 1. The molecule has 0 radical (unpaired) electrons. The third-order valence-corrected chi connectivity index (χ3v) is 12.9. The topological polar surface area (TPSA) is 113 Å². The monoisotopic (exact) mass is 700 g/mol. The maximum Gasteiger partial charge on any atom is 0.242 e. The Labute approximate surface area is 290 Å². The molecule has 1 saturated carbocycles. The number of carbonyl (C=O) groups is 4. The van der Waals surface area contributed by atoms with Crippen LogP contribution in [0.1, 0.15) is 50.2 Å². The molecule has 0 unspecified atom stereocenters. The summed E-state index contributed by atoms with van der Waals surface area (Å²) in [7, 11) is 1.68. The summed E-state index contributed by atoms with van der Waals surface area (Å²) in [6.45, 7) is 5.90. The number of carbonyl (C=O) groups excluding carboxylic acids is 4. The minimum Gasteiger partial charge on any atom is -0.505 e. The lowest BCUT2D eigenvalue weighted by atomic mass is 9.51. The number of anilines is 1. The van der Waals surface area contributed by atoms with Gasteiger partial charge in [0.15, 0.2) is 11.6 Å². The van der Waals surface area contributed by atoms with Gasteiger partial charge in [-0.3, -0.25) is 28.8 Å². The Morgan fingerprint density at radius 3 is 2.61 bits per heavy atom. The van der Waals surface area contributed by atoms with Gasteiger partial charge in [-0.2, -0.15) is 5.10 Å². The van der Waals surface area contributed by atoms with Gasteiger partial charge in [-0.25, -0.2) is 9.29 Å². The van der Waals surface area contributed by atoms with Crippen molar-refractivity contribution < 1.29 is 28.7 Å². The van der Waals surface area contributed by atoms with Gasteiger partial charge in [-0.1, -0.05) is 42.3 Å². The number of hydrogen-bond acceptors (Lipinski definition) is 7. The number of aromatic nitrogens is 2. The maximum absolute atomic E-state index is 15.0. The molecular weight excluding hydrogens is 667 g/mol. The summed E-state index contributed by atoms with van der Waals surface area (Å²) in [6.07, 6.45) is 2.95. The van der Waals surface area contributed by atoms with Crippen LogP contribution in [0.25, 0.3) is 20.7 Å². The molecule has 3 fully saturated rings. The van der Waals surface area contributed by atoms with Crippen LogP contribution in [0.15, 0.2) is 54.1 Å². The van der Waals surface area contributed by atoms with Gasteiger partial charge in [0.25, 0.3) is 0 Å². The second kappa shape index (κ2) is 11.1. The number of aryl methyl sites for hydroxylation is 2. The van der Waals surface area contributed by atoms with Gasteiger partial charge in [0.2, 0.25) is 23.6 Å². The van der Waals surface area contributed by atoms with E-state index in [1.54, 1.807) is 37.4 Å². The SMILES string of the molecule is CCCN1C(=O)[C@H]2[C@H](CC=C3[C@H]2C[C@H]2C(=O)N(c4cc(-c5sc6ccc(Cl)cc6c5C)nn4C)C(=O)[C@@]2(C)[C@H]3c2cccc(F)c2O)C1=O. The summed E-state index contributed by atoms with van der Waals surface area (Å²) < 4.78 is 17.5. The summed E-state index contributed by atoms with van der Waals surface area (Å²) >= 11 is 7.82. The molecule has 9 nitrogen and oxygen atoms in total. The number of amides is 4. The molecule has 2 aromatic heterocycles. The molecule has 6 atom stereocenters. The van der Waals surface area contributed by atoms with Crippen molar-refractivity contribution in [3.05, 3.63) is 76.1 Å². The number of para-hydroxylation sites is 1. The zero-order valence-corrected chi connectivity index (χ0v) is 28.9. The molecule has 0 bridgehead atoms. The van der Waals surface area contributed by atoms with Crippen molar-refractivity contribution in [2.24, 2.45) is 36.1 Å². The van der Waals surface area contributed by atoms with E-state index in [1.807, 2.05) is 38.1 Å². The molecule has 4 amide bonds. The average molecular weight is 701 g/mol. The Hall–Kier alpha value is -4.35. The first-order valence-corrected chi connectivity index (χ1v) is 17.7. The first-order chi connectivity index (χ1) is 23.4. The minimum atomic E-state index is -1.43. The highest BCUT2D eigenvalue weighted by atomic mass is 35.5.